The van der Waals surface area contributed by atoms with Gasteiger partial charge in [-0.2, -0.15) is 13.9 Å². The first kappa shape index (κ1) is 22.7. The predicted molar refractivity (Wildman–Crippen MR) is 121 cm³/mol. The van der Waals surface area contributed by atoms with E-state index in [4.69, 9.17) is 4.74 Å². The van der Waals surface area contributed by atoms with Gasteiger partial charge in [-0.3, -0.25) is 9.71 Å². The van der Waals surface area contributed by atoms with Crippen molar-refractivity contribution in [1.82, 2.24) is 14.8 Å². The molecule has 0 radical (unpaired) electrons. The number of nitrogens with one attached hydrogen (secondary N) is 1. The molecule has 0 fully saturated rings. The Morgan fingerprint density at radius 2 is 1.79 bits per heavy atom. The van der Waals surface area contributed by atoms with Crippen LogP contribution in [-0.2, 0) is 15.9 Å². The minimum Gasteiger partial charge on any atom is -0.491 e. The Bertz CT molecular complexity index is 1390. The lowest BCUT2D eigenvalue weighted by Gasteiger charge is -2.13. The van der Waals surface area contributed by atoms with E-state index >= 15 is 0 Å². The third-order valence-electron chi connectivity index (χ3n) is 4.75. The third-order valence-corrected chi connectivity index (χ3v) is 6.13. The smallest absolute Gasteiger partial charge is 0.288 e. The summed E-state index contributed by atoms with van der Waals surface area (Å²) in [5, 5.41) is 4.65. The van der Waals surface area contributed by atoms with Crippen LogP contribution in [0.25, 0.3) is 16.6 Å². The Labute approximate surface area is 190 Å². The summed E-state index contributed by atoms with van der Waals surface area (Å²) >= 11 is 0. The molecule has 0 saturated carbocycles. The minimum absolute atomic E-state index is 0.0456. The van der Waals surface area contributed by atoms with Gasteiger partial charge in [-0.15, -0.1) is 0 Å². The summed E-state index contributed by atoms with van der Waals surface area (Å²) in [5.74, 6) is -2.88. The number of benzene rings is 2. The first-order valence-corrected chi connectivity index (χ1v) is 11.6. The minimum atomic E-state index is -4.10. The van der Waals surface area contributed by atoms with Gasteiger partial charge in [-0.05, 0) is 62.4 Å². The summed E-state index contributed by atoms with van der Waals surface area (Å²) < 4.78 is 63.4. The SMILES string of the molecule is CC(C)Oc1ccc(S(=O)(=O)Nc2cc(C(C)(F)F)nn2-c2cccc3ncccc23)cc1. The van der Waals surface area contributed by atoms with Gasteiger partial charge >= 0.3 is 0 Å². The summed E-state index contributed by atoms with van der Waals surface area (Å²) in [5.41, 5.74) is 0.459. The largest absolute Gasteiger partial charge is 0.491 e. The summed E-state index contributed by atoms with van der Waals surface area (Å²) in [6.07, 6.45) is 1.54. The highest BCUT2D eigenvalue weighted by Gasteiger charge is 2.31. The zero-order chi connectivity index (χ0) is 23.8. The van der Waals surface area contributed by atoms with Gasteiger partial charge in [-0.25, -0.2) is 13.1 Å². The van der Waals surface area contributed by atoms with Gasteiger partial charge in [0.2, 0.25) is 0 Å². The van der Waals surface area contributed by atoms with Crippen molar-refractivity contribution >= 4 is 26.7 Å². The van der Waals surface area contributed by atoms with Crippen LogP contribution in [0.4, 0.5) is 14.6 Å². The lowest BCUT2D eigenvalue weighted by molar-refractivity contribution is 0.0124. The van der Waals surface area contributed by atoms with Crippen LogP contribution in [-0.4, -0.2) is 29.3 Å². The van der Waals surface area contributed by atoms with Crippen molar-refractivity contribution in [2.75, 3.05) is 4.72 Å². The Hall–Kier alpha value is -3.53. The molecule has 0 aliphatic heterocycles. The number of hydrogen-bond acceptors (Lipinski definition) is 5. The van der Waals surface area contributed by atoms with Gasteiger partial charge in [-0.1, -0.05) is 6.07 Å². The van der Waals surface area contributed by atoms with Crippen LogP contribution in [0.1, 0.15) is 26.5 Å². The molecular formula is C23H22F2N4O3S. The summed E-state index contributed by atoms with van der Waals surface area (Å²) in [6.45, 7) is 4.42. The molecule has 2 aromatic heterocycles. The van der Waals surface area contributed by atoms with E-state index in [1.807, 2.05) is 13.8 Å². The molecule has 10 heteroatoms. The maximum atomic E-state index is 14.1. The zero-order valence-electron chi connectivity index (χ0n) is 18.2. The highest BCUT2D eigenvalue weighted by molar-refractivity contribution is 7.92. The molecule has 0 amide bonds. The van der Waals surface area contributed by atoms with Crippen molar-refractivity contribution in [2.24, 2.45) is 0 Å². The summed E-state index contributed by atoms with van der Waals surface area (Å²) in [6, 6.07) is 15.5. The van der Waals surface area contributed by atoms with E-state index in [1.165, 1.54) is 24.3 Å². The third kappa shape index (κ3) is 4.80. The van der Waals surface area contributed by atoms with Crippen LogP contribution in [0.3, 0.4) is 0 Å². The number of ether oxygens (including phenoxy) is 1. The second-order valence-electron chi connectivity index (χ2n) is 7.81. The molecule has 2 aromatic carbocycles. The molecule has 4 aromatic rings. The molecule has 1 N–H and O–H groups in total. The maximum absolute atomic E-state index is 14.1. The molecule has 2 heterocycles. The topological polar surface area (TPSA) is 86.1 Å². The fraction of sp³-hybridized carbons (Fsp3) is 0.217. The van der Waals surface area contributed by atoms with Crippen molar-refractivity contribution in [3.05, 3.63) is 72.6 Å². The Morgan fingerprint density at radius 3 is 2.45 bits per heavy atom. The highest BCUT2D eigenvalue weighted by Crippen LogP contribution is 2.32. The van der Waals surface area contributed by atoms with Crippen LogP contribution in [0.15, 0.2) is 71.8 Å². The molecule has 7 nitrogen and oxygen atoms in total. The lowest BCUT2D eigenvalue weighted by atomic mass is 10.2. The van der Waals surface area contributed by atoms with E-state index in [2.05, 4.69) is 14.8 Å². The molecule has 0 spiro atoms. The molecule has 0 bridgehead atoms. The molecule has 33 heavy (non-hydrogen) atoms. The molecule has 4 rings (SSSR count). The molecule has 0 aliphatic rings. The zero-order valence-corrected chi connectivity index (χ0v) is 19.0. The number of sulfonamides is 1. The number of pyridine rings is 1. The molecule has 172 valence electrons. The number of rotatable bonds is 7. The quantitative estimate of drug-likeness (QED) is 0.404. The Kier molecular flexibility index (Phi) is 5.79. The van der Waals surface area contributed by atoms with Gasteiger partial charge in [0.1, 0.15) is 17.3 Å². The van der Waals surface area contributed by atoms with Gasteiger partial charge in [0, 0.05) is 24.6 Å². The number of alkyl halides is 2. The summed E-state index contributed by atoms with van der Waals surface area (Å²) in [4.78, 5) is 4.22. The van der Waals surface area contributed by atoms with Crippen LogP contribution >= 0.6 is 0 Å². The standard InChI is InChI=1S/C23H22F2N4O3S/c1-15(2)32-16-9-11-17(12-10-16)33(30,31)28-22-14-21(23(3,24)25)27-29(22)20-8-4-7-19-18(20)6-5-13-26-19/h4-15,28H,1-3H3. The Balaban J connectivity index is 1.78. The van der Waals surface area contributed by atoms with Crippen molar-refractivity contribution in [1.29, 1.82) is 0 Å². The van der Waals surface area contributed by atoms with Crippen LogP contribution < -0.4 is 9.46 Å². The van der Waals surface area contributed by atoms with E-state index in [0.29, 0.717) is 29.3 Å². The predicted octanol–water partition coefficient (Wildman–Crippen LogP) is 5.12. The molecule has 0 aliphatic carbocycles. The fourth-order valence-electron chi connectivity index (χ4n) is 3.29. The maximum Gasteiger partial charge on any atom is 0.288 e. The van der Waals surface area contributed by atoms with Crippen LogP contribution in [0, 0.1) is 0 Å². The number of halogens is 2. The average Bonchev–Trinajstić information content (AvgIpc) is 3.16. The fourth-order valence-corrected chi connectivity index (χ4v) is 4.32. The van der Waals surface area contributed by atoms with E-state index in [-0.39, 0.29) is 16.8 Å². The van der Waals surface area contributed by atoms with Crippen LogP contribution in [0.2, 0.25) is 0 Å². The summed E-state index contributed by atoms with van der Waals surface area (Å²) in [7, 11) is -4.10. The number of nitrogens with zero attached hydrogens (tertiary/aromatic N) is 3. The van der Waals surface area contributed by atoms with Gasteiger partial charge in [0.05, 0.1) is 22.2 Å². The van der Waals surface area contributed by atoms with Gasteiger partial charge < -0.3 is 4.74 Å². The number of fused-ring (bicyclic) bond motifs is 1. The van der Waals surface area contributed by atoms with Crippen molar-refractivity contribution in [3.8, 4) is 11.4 Å². The Morgan fingerprint density at radius 1 is 1.06 bits per heavy atom. The second kappa shape index (κ2) is 8.43. The monoisotopic (exact) mass is 472 g/mol. The molecule has 0 atom stereocenters. The first-order valence-electron chi connectivity index (χ1n) is 10.2. The van der Waals surface area contributed by atoms with E-state index in [1.54, 1.807) is 36.5 Å². The van der Waals surface area contributed by atoms with Crippen LogP contribution in [0.5, 0.6) is 5.75 Å². The van der Waals surface area contributed by atoms with E-state index < -0.39 is 21.6 Å². The van der Waals surface area contributed by atoms with Gasteiger partial charge in [0.25, 0.3) is 15.9 Å². The van der Waals surface area contributed by atoms with E-state index in [9.17, 15) is 17.2 Å². The second-order valence-corrected chi connectivity index (χ2v) is 9.49. The lowest BCUT2D eigenvalue weighted by Crippen LogP contribution is -2.16. The van der Waals surface area contributed by atoms with Crippen molar-refractivity contribution in [3.63, 3.8) is 0 Å². The first-order chi connectivity index (χ1) is 15.5. The molecule has 0 unspecified atom stereocenters. The molecule has 0 saturated heterocycles. The molecular weight excluding hydrogens is 450 g/mol. The normalized spacial score (nSPS) is 12.3. The van der Waals surface area contributed by atoms with E-state index in [0.717, 1.165) is 10.7 Å². The number of hydrogen-bond donors (Lipinski definition) is 1. The van der Waals surface area contributed by atoms with Crippen molar-refractivity contribution in [2.45, 2.75) is 37.7 Å². The van der Waals surface area contributed by atoms with Crippen molar-refractivity contribution < 1.29 is 21.9 Å². The average molecular weight is 473 g/mol. The highest BCUT2D eigenvalue weighted by atomic mass is 32.2. The number of anilines is 1. The van der Waals surface area contributed by atoms with Gasteiger partial charge in [0.15, 0.2) is 0 Å². The number of aromatic nitrogens is 3.